The van der Waals surface area contributed by atoms with E-state index >= 15 is 0 Å². The van der Waals surface area contributed by atoms with Gasteiger partial charge in [-0.05, 0) is 48.9 Å². The third kappa shape index (κ3) is 1.69. The number of anilines is 1. The van der Waals surface area contributed by atoms with Gasteiger partial charge in [-0.1, -0.05) is 6.42 Å². The van der Waals surface area contributed by atoms with Gasteiger partial charge in [0.25, 0.3) is 0 Å². The Bertz CT molecular complexity index is 333. The number of hydrogen-bond acceptors (Lipinski definition) is 2. The monoisotopic (exact) mass is 191 g/mol. The summed E-state index contributed by atoms with van der Waals surface area (Å²) in [6.07, 6.45) is 6.26. The molecule has 2 heteroatoms. The fraction of sp³-hybridized carbons (Fsp3) is 0.500. The van der Waals surface area contributed by atoms with E-state index in [0.717, 1.165) is 11.4 Å². The zero-order valence-electron chi connectivity index (χ0n) is 8.68. The van der Waals surface area contributed by atoms with Gasteiger partial charge >= 0.3 is 0 Å². The Morgan fingerprint density at radius 2 is 1.71 bits per heavy atom. The second-order valence-electron chi connectivity index (χ2n) is 3.92. The zero-order chi connectivity index (χ0) is 9.97. The minimum atomic E-state index is 0.771. The summed E-state index contributed by atoms with van der Waals surface area (Å²) < 4.78 is 5.23. The van der Waals surface area contributed by atoms with Crippen molar-refractivity contribution in [2.45, 2.75) is 32.1 Å². The normalized spacial score (nSPS) is 15.8. The molecule has 14 heavy (non-hydrogen) atoms. The van der Waals surface area contributed by atoms with Gasteiger partial charge in [-0.15, -0.1) is 0 Å². The van der Waals surface area contributed by atoms with Crippen molar-refractivity contribution in [1.82, 2.24) is 0 Å². The molecule has 76 valence electrons. The van der Waals surface area contributed by atoms with Crippen molar-refractivity contribution in [2.24, 2.45) is 0 Å². The third-order valence-electron chi connectivity index (χ3n) is 2.94. The van der Waals surface area contributed by atoms with Crippen LogP contribution in [0.2, 0.25) is 0 Å². The lowest BCUT2D eigenvalue weighted by molar-refractivity contribution is 0.416. The molecule has 0 amide bonds. The molecule has 0 spiro atoms. The number of hydrogen-bond donors (Lipinski definition) is 1. The molecule has 0 saturated carbocycles. The molecule has 0 radical (unpaired) electrons. The van der Waals surface area contributed by atoms with Gasteiger partial charge in [0, 0.05) is 0 Å². The standard InChI is InChI=1S/C12H17NO/c1-14-12-8-10-6-4-2-3-5-9(10)7-11(12)13/h7-8H,2-6,13H2,1H3. The second-order valence-corrected chi connectivity index (χ2v) is 3.92. The van der Waals surface area contributed by atoms with E-state index < -0.39 is 0 Å². The van der Waals surface area contributed by atoms with Crippen molar-refractivity contribution in [3.63, 3.8) is 0 Å². The van der Waals surface area contributed by atoms with Crippen LogP contribution in [-0.4, -0.2) is 7.11 Å². The zero-order valence-corrected chi connectivity index (χ0v) is 8.68. The Morgan fingerprint density at radius 3 is 2.36 bits per heavy atom. The van der Waals surface area contributed by atoms with Crippen LogP contribution in [-0.2, 0) is 12.8 Å². The first-order valence-electron chi connectivity index (χ1n) is 5.26. The molecule has 1 aromatic carbocycles. The summed E-state index contributed by atoms with van der Waals surface area (Å²) in [6, 6.07) is 4.19. The van der Waals surface area contributed by atoms with Crippen molar-refractivity contribution >= 4 is 5.69 Å². The van der Waals surface area contributed by atoms with E-state index in [4.69, 9.17) is 10.5 Å². The number of aryl methyl sites for hydroxylation is 2. The van der Waals surface area contributed by atoms with Crippen molar-refractivity contribution in [1.29, 1.82) is 0 Å². The van der Waals surface area contributed by atoms with Gasteiger partial charge in [0.2, 0.25) is 0 Å². The molecule has 0 unspecified atom stereocenters. The molecule has 0 atom stereocenters. The van der Waals surface area contributed by atoms with Crippen LogP contribution in [0.5, 0.6) is 5.75 Å². The highest BCUT2D eigenvalue weighted by atomic mass is 16.5. The fourth-order valence-electron chi connectivity index (χ4n) is 2.14. The van der Waals surface area contributed by atoms with E-state index in [0.29, 0.717) is 0 Å². The van der Waals surface area contributed by atoms with Crippen molar-refractivity contribution < 1.29 is 4.74 Å². The Balaban J connectivity index is 2.41. The SMILES string of the molecule is COc1cc2c(cc1N)CCCCC2. The Kier molecular flexibility index (Phi) is 2.62. The van der Waals surface area contributed by atoms with E-state index in [1.54, 1.807) is 7.11 Å². The van der Waals surface area contributed by atoms with Crippen LogP contribution in [0.15, 0.2) is 12.1 Å². The molecule has 0 bridgehead atoms. The number of nitrogen functional groups attached to an aromatic ring is 1. The van der Waals surface area contributed by atoms with Gasteiger partial charge in [-0.2, -0.15) is 0 Å². The van der Waals surface area contributed by atoms with Crippen LogP contribution in [0.3, 0.4) is 0 Å². The summed E-state index contributed by atoms with van der Waals surface area (Å²) in [6.45, 7) is 0. The average Bonchev–Trinajstić information content (AvgIpc) is 2.41. The minimum Gasteiger partial charge on any atom is -0.495 e. The van der Waals surface area contributed by atoms with Crippen molar-refractivity contribution in [2.75, 3.05) is 12.8 Å². The minimum absolute atomic E-state index is 0.771. The highest BCUT2D eigenvalue weighted by Gasteiger charge is 2.11. The van der Waals surface area contributed by atoms with Crippen LogP contribution in [0, 0.1) is 0 Å². The molecule has 1 aliphatic carbocycles. The van der Waals surface area contributed by atoms with E-state index in [1.807, 2.05) is 0 Å². The van der Waals surface area contributed by atoms with Crippen LogP contribution in [0.25, 0.3) is 0 Å². The molecule has 0 saturated heterocycles. The smallest absolute Gasteiger partial charge is 0.142 e. The summed E-state index contributed by atoms with van der Waals surface area (Å²) in [5, 5.41) is 0. The number of nitrogens with two attached hydrogens (primary N) is 1. The Hall–Kier alpha value is -1.18. The van der Waals surface area contributed by atoms with Gasteiger partial charge in [0.1, 0.15) is 5.75 Å². The first-order chi connectivity index (χ1) is 6.81. The molecule has 1 aliphatic rings. The molecule has 0 fully saturated rings. The Morgan fingerprint density at radius 1 is 1.07 bits per heavy atom. The number of rotatable bonds is 1. The number of fused-ring (bicyclic) bond motifs is 1. The number of ether oxygens (including phenoxy) is 1. The molecular weight excluding hydrogens is 174 g/mol. The molecule has 2 N–H and O–H groups in total. The number of methoxy groups -OCH3 is 1. The van der Waals surface area contributed by atoms with E-state index in [1.165, 1.54) is 43.2 Å². The molecule has 2 nitrogen and oxygen atoms in total. The maximum Gasteiger partial charge on any atom is 0.142 e. The van der Waals surface area contributed by atoms with E-state index in [9.17, 15) is 0 Å². The van der Waals surface area contributed by atoms with Crippen molar-refractivity contribution in [3.8, 4) is 5.75 Å². The van der Waals surface area contributed by atoms with Crippen molar-refractivity contribution in [3.05, 3.63) is 23.3 Å². The molecule has 0 aliphatic heterocycles. The second kappa shape index (κ2) is 3.91. The topological polar surface area (TPSA) is 35.2 Å². The van der Waals surface area contributed by atoms with Crippen LogP contribution >= 0.6 is 0 Å². The maximum atomic E-state index is 5.88. The van der Waals surface area contributed by atoms with Gasteiger partial charge in [-0.3, -0.25) is 0 Å². The summed E-state index contributed by atoms with van der Waals surface area (Å²) in [7, 11) is 1.68. The quantitative estimate of drug-likeness (QED) is 0.547. The highest BCUT2D eigenvalue weighted by molar-refractivity contribution is 5.57. The van der Waals surface area contributed by atoms with Crippen LogP contribution in [0.4, 0.5) is 5.69 Å². The third-order valence-corrected chi connectivity index (χ3v) is 2.94. The highest BCUT2D eigenvalue weighted by Crippen LogP contribution is 2.29. The first kappa shape index (κ1) is 9.38. The molecule has 2 rings (SSSR count). The summed E-state index contributed by atoms with van der Waals surface area (Å²) in [5.74, 6) is 0.825. The van der Waals surface area contributed by atoms with Crippen LogP contribution in [0.1, 0.15) is 30.4 Å². The predicted octanol–water partition coefficient (Wildman–Crippen LogP) is 2.55. The molecule has 0 heterocycles. The lowest BCUT2D eigenvalue weighted by atomic mass is 10.0. The van der Waals surface area contributed by atoms with Gasteiger partial charge in [0.05, 0.1) is 12.8 Å². The van der Waals surface area contributed by atoms with Gasteiger partial charge < -0.3 is 10.5 Å². The number of benzene rings is 1. The lowest BCUT2D eigenvalue weighted by Crippen LogP contribution is -1.98. The Labute approximate surface area is 85.1 Å². The predicted molar refractivity (Wildman–Crippen MR) is 58.7 cm³/mol. The van der Waals surface area contributed by atoms with Crippen LogP contribution < -0.4 is 10.5 Å². The summed E-state index contributed by atoms with van der Waals surface area (Å²) in [5.41, 5.74) is 9.49. The first-order valence-corrected chi connectivity index (χ1v) is 5.26. The summed E-state index contributed by atoms with van der Waals surface area (Å²) >= 11 is 0. The van der Waals surface area contributed by atoms with Gasteiger partial charge in [0.15, 0.2) is 0 Å². The van der Waals surface area contributed by atoms with E-state index in [-0.39, 0.29) is 0 Å². The molecular formula is C12H17NO. The molecule has 0 aromatic heterocycles. The fourth-order valence-corrected chi connectivity index (χ4v) is 2.14. The largest absolute Gasteiger partial charge is 0.495 e. The average molecular weight is 191 g/mol. The molecule has 1 aromatic rings. The van der Waals surface area contributed by atoms with Gasteiger partial charge in [-0.25, -0.2) is 0 Å². The summed E-state index contributed by atoms with van der Waals surface area (Å²) in [4.78, 5) is 0. The maximum absolute atomic E-state index is 5.88. The van der Waals surface area contributed by atoms with E-state index in [2.05, 4.69) is 12.1 Å². The lowest BCUT2D eigenvalue weighted by Gasteiger charge is -2.10.